The standard InChI is InChI=1S/C21H17F4N5O2.C3H6O2/c22-11-8-13(24)15(9-12(11)23)27-21-30-29-20(32-21)19-26-14-6-7-16(17(25)18(14)28-19)31-10-4-2-1-3-5-10;1-2-5-3-4/h6-10H,1-5H2,(H,26,28)(H,27,30);3H,2H2,1H3. The lowest BCUT2D eigenvalue weighted by Crippen LogP contribution is -2.20. The Labute approximate surface area is 208 Å². The second kappa shape index (κ2) is 11.7. The van der Waals surface area contributed by atoms with Crippen LogP contribution in [0, 0.1) is 23.3 Å². The molecule has 1 fully saturated rings. The molecule has 2 aromatic carbocycles. The lowest BCUT2D eigenvalue weighted by atomic mass is 9.98. The van der Waals surface area contributed by atoms with E-state index in [9.17, 15) is 22.4 Å². The number of fused-ring (bicyclic) bond motifs is 1. The molecular weight excluding hydrogens is 498 g/mol. The van der Waals surface area contributed by atoms with E-state index in [1.165, 1.54) is 0 Å². The number of benzene rings is 2. The SMILES string of the molecule is CCOC=O.Fc1cc(F)c(Nc2nnc(-c3nc4c(F)c(OC5CCCCC5)ccc4[nH]3)o2)cc1F. The highest BCUT2D eigenvalue weighted by molar-refractivity contribution is 5.80. The van der Waals surface area contributed by atoms with Crippen molar-refractivity contribution < 1.29 is 36.2 Å². The maximum Gasteiger partial charge on any atom is 0.320 e. The summed E-state index contributed by atoms with van der Waals surface area (Å²) in [7, 11) is 0. The number of anilines is 2. The molecule has 196 valence electrons. The molecule has 0 radical (unpaired) electrons. The first-order chi connectivity index (χ1) is 17.9. The van der Waals surface area contributed by atoms with Crippen molar-refractivity contribution in [3.63, 3.8) is 0 Å². The first-order valence-corrected chi connectivity index (χ1v) is 11.5. The Morgan fingerprint density at radius 2 is 1.84 bits per heavy atom. The van der Waals surface area contributed by atoms with Gasteiger partial charge in [-0.25, -0.2) is 22.5 Å². The van der Waals surface area contributed by atoms with E-state index in [1.807, 2.05) is 0 Å². The van der Waals surface area contributed by atoms with Crippen LogP contribution < -0.4 is 10.1 Å². The van der Waals surface area contributed by atoms with Crippen LogP contribution in [0.25, 0.3) is 22.7 Å². The molecule has 0 amide bonds. The molecule has 37 heavy (non-hydrogen) atoms. The molecule has 0 aliphatic heterocycles. The number of H-pyrrole nitrogens is 1. The summed E-state index contributed by atoms with van der Waals surface area (Å²) in [5.41, 5.74) is 0.0553. The van der Waals surface area contributed by atoms with Crippen LogP contribution in [-0.4, -0.2) is 39.3 Å². The number of imidazole rings is 1. The molecule has 1 aliphatic carbocycles. The quantitative estimate of drug-likeness (QED) is 0.178. The Kier molecular flexibility index (Phi) is 8.21. The van der Waals surface area contributed by atoms with Gasteiger partial charge in [-0.3, -0.25) is 4.79 Å². The van der Waals surface area contributed by atoms with Crippen LogP contribution in [0.3, 0.4) is 0 Å². The van der Waals surface area contributed by atoms with Crippen LogP contribution in [0.4, 0.5) is 29.3 Å². The normalized spacial score (nSPS) is 13.6. The molecule has 0 unspecified atom stereocenters. The summed E-state index contributed by atoms with van der Waals surface area (Å²) >= 11 is 0. The van der Waals surface area contributed by atoms with E-state index >= 15 is 0 Å². The third-order valence-corrected chi connectivity index (χ3v) is 5.52. The third kappa shape index (κ3) is 6.16. The zero-order valence-electron chi connectivity index (χ0n) is 19.7. The Hall–Kier alpha value is -4.16. The van der Waals surface area contributed by atoms with E-state index in [4.69, 9.17) is 9.15 Å². The van der Waals surface area contributed by atoms with Gasteiger partial charge >= 0.3 is 6.01 Å². The molecule has 2 N–H and O–H groups in total. The van der Waals surface area contributed by atoms with E-state index in [1.54, 1.807) is 19.1 Å². The summed E-state index contributed by atoms with van der Waals surface area (Å²) < 4.78 is 70.5. The third-order valence-electron chi connectivity index (χ3n) is 5.52. The number of nitrogens with zero attached hydrogens (tertiary/aromatic N) is 3. The summed E-state index contributed by atoms with van der Waals surface area (Å²) in [6.07, 6.45) is 5.04. The minimum atomic E-state index is -1.32. The van der Waals surface area contributed by atoms with Gasteiger partial charge < -0.3 is 24.2 Å². The molecule has 13 heteroatoms. The number of nitrogens with one attached hydrogen (secondary N) is 2. The van der Waals surface area contributed by atoms with Gasteiger partial charge in [0.05, 0.1) is 23.9 Å². The monoisotopic (exact) mass is 521 g/mol. The molecule has 1 saturated carbocycles. The summed E-state index contributed by atoms with van der Waals surface area (Å²) in [5, 5.41) is 9.83. The Balaban J connectivity index is 0.000000586. The molecule has 2 heterocycles. The van der Waals surface area contributed by atoms with Gasteiger partial charge in [-0.1, -0.05) is 11.5 Å². The molecule has 1 aliphatic rings. The number of halogens is 4. The first kappa shape index (κ1) is 25.9. The summed E-state index contributed by atoms with van der Waals surface area (Å²) in [5.74, 6) is -4.11. The van der Waals surface area contributed by atoms with Crippen LogP contribution in [0.5, 0.6) is 5.75 Å². The van der Waals surface area contributed by atoms with Gasteiger partial charge in [0.15, 0.2) is 29.0 Å². The minimum absolute atomic E-state index is 0.0182. The number of aromatic nitrogens is 4. The second-order valence-electron chi connectivity index (χ2n) is 8.07. The summed E-state index contributed by atoms with van der Waals surface area (Å²) in [6.45, 7) is 2.66. The molecule has 5 rings (SSSR count). The number of carbonyl (C=O) groups excluding carboxylic acids is 1. The van der Waals surface area contributed by atoms with Crippen LogP contribution in [0.15, 0.2) is 28.7 Å². The van der Waals surface area contributed by atoms with Crippen molar-refractivity contribution in [2.75, 3.05) is 11.9 Å². The van der Waals surface area contributed by atoms with Gasteiger partial charge in [0, 0.05) is 12.1 Å². The highest BCUT2D eigenvalue weighted by Gasteiger charge is 2.21. The topological polar surface area (TPSA) is 115 Å². The average Bonchev–Trinajstić information content (AvgIpc) is 3.53. The average molecular weight is 521 g/mol. The fraction of sp³-hybridized carbons (Fsp3) is 0.333. The zero-order chi connectivity index (χ0) is 26.4. The Bertz CT molecular complexity index is 1370. The Morgan fingerprint density at radius 1 is 1.08 bits per heavy atom. The molecule has 0 saturated heterocycles. The number of rotatable bonds is 7. The minimum Gasteiger partial charge on any atom is -0.487 e. The van der Waals surface area contributed by atoms with Gasteiger partial charge in [-0.2, -0.15) is 0 Å². The fourth-order valence-corrected chi connectivity index (χ4v) is 3.75. The maximum atomic E-state index is 15.0. The van der Waals surface area contributed by atoms with Crippen LogP contribution in [0.1, 0.15) is 39.0 Å². The van der Waals surface area contributed by atoms with Crippen LogP contribution in [-0.2, 0) is 9.53 Å². The summed E-state index contributed by atoms with van der Waals surface area (Å²) in [4.78, 5) is 16.2. The Morgan fingerprint density at radius 3 is 2.54 bits per heavy atom. The first-order valence-electron chi connectivity index (χ1n) is 11.5. The number of hydrogen-bond acceptors (Lipinski definition) is 8. The summed E-state index contributed by atoms with van der Waals surface area (Å²) in [6, 6.07) is 3.91. The molecule has 0 atom stereocenters. The molecule has 2 aromatic heterocycles. The van der Waals surface area contributed by atoms with Crippen molar-refractivity contribution in [3.8, 4) is 17.5 Å². The molecule has 0 spiro atoms. The van der Waals surface area contributed by atoms with E-state index in [0.717, 1.165) is 32.1 Å². The predicted octanol–water partition coefficient (Wildman–Crippen LogP) is 5.80. The zero-order valence-corrected chi connectivity index (χ0v) is 19.7. The maximum absolute atomic E-state index is 15.0. The highest BCUT2D eigenvalue weighted by Crippen LogP contribution is 2.31. The second-order valence-corrected chi connectivity index (χ2v) is 8.07. The van der Waals surface area contributed by atoms with Crippen molar-refractivity contribution in [1.29, 1.82) is 0 Å². The van der Waals surface area contributed by atoms with E-state index < -0.39 is 23.3 Å². The largest absolute Gasteiger partial charge is 0.487 e. The van der Waals surface area contributed by atoms with Crippen molar-refractivity contribution in [2.24, 2.45) is 0 Å². The van der Waals surface area contributed by atoms with E-state index in [2.05, 4.69) is 30.2 Å². The molecular formula is C24H23F4N5O4. The van der Waals surface area contributed by atoms with Crippen molar-refractivity contribution in [1.82, 2.24) is 20.2 Å². The van der Waals surface area contributed by atoms with E-state index in [0.29, 0.717) is 30.7 Å². The van der Waals surface area contributed by atoms with Crippen molar-refractivity contribution >= 4 is 29.2 Å². The van der Waals surface area contributed by atoms with Gasteiger partial charge in [-0.15, -0.1) is 5.10 Å². The number of ether oxygens (including phenoxy) is 2. The predicted molar refractivity (Wildman–Crippen MR) is 124 cm³/mol. The smallest absolute Gasteiger partial charge is 0.320 e. The van der Waals surface area contributed by atoms with Gasteiger partial charge in [0.25, 0.3) is 12.4 Å². The fourth-order valence-electron chi connectivity index (χ4n) is 3.75. The lowest BCUT2D eigenvalue weighted by molar-refractivity contribution is -0.128. The highest BCUT2D eigenvalue weighted by atomic mass is 19.2. The van der Waals surface area contributed by atoms with E-state index in [-0.39, 0.29) is 40.8 Å². The van der Waals surface area contributed by atoms with Crippen LogP contribution in [0.2, 0.25) is 0 Å². The number of carbonyl (C=O) groups is 1. The number of hydrogen-bond donors (Lipinski definition) is 2. The molecule has 0 bridgehead atoms. The number of aromatic amines is 1. The van der Waals surface area contributed by atoms with Gasteiger partial charge in [0.1, 0.15) is 11.3 Å². The molecule has 9 nitrogen and oxygen atoms in total. The van der Waals surface area contributed by atoms with Crippen molar-refractivity contribution in [3.05, 3.63) is 47.5 Å². The van der Waals surface area contributed by atoms with Gasteiger partial charge in [0.2, 0.25) is 0 Å². The van der Waals surface area contributed by atoms with Gasteiger partial charge in [-0.05, 0) is 44.7 Å². The lowest BCUT2D eigenvalue weighted by Gasteiger charge is -2.23. The van der Waals surface area contributed by atoms with Crippen LogP contribution >= 0.6 is 0 Å². The van der Waals surface area contributed by atoms with Crippen molar-refractivity contribution in [2.45, 2.75) is 45.1 Å². The molecule has 4 aromatic rings.